The maximum atomic E-state index is 6.35. The molecule has 4 heteroatoms. The number of benzene rings is 1. The van der Waals surface area contributed by atoms with Gasteiger partial charge in [0, 0.05) is 5.56 Å². The molecule has 0 heterocycles. The minimum atomic E-state index is -1.80. The van der Waals surface area contributed by atoms with E-state index in [-0.39, 0.29) is 10.5 Å². The van der Waals surface area contributed by atoms with Crippen LogP contribution >= 0.6 is 0 Å². The highest BCUT2D eigenvalue weighted by Crippen LogP contribution is 2.39. The summed E-state index contributed by atoms with van der Waals surface area (Å²) < 4.78 is 11.9. The Bertz CT molecular complexity index is 525. The van der Waals surface area contributed by atoms with Crippen LogP contribution in [0.2, 0.25) is 18.1 Å². The molecule has 22 heavy (non-hydrogen) atoms. The van der Waals surface area contributed by atoms with Crippen molar-refractivity contribution in [2.45, 2.75) is 71.7 Å². The number of hydrogen-bond acceptors (Lipinski definition) is 3. The van der Waals surface area contributed by atoms with Crippen LogP contribution < -0.4 is 10.5 Å². The van der Waals surface area contributed by atoms with E-state index in [0.29, 0.717) is 12.3 Å². The Hall–Kier alpha value is -1.00. The largest absolute Gasteiger partial charge is 0.494 e. The van der Waals surface area contributed by atoms with E-state index >= 15 is 0 Å². The Labute approximate surface area is 137 Å². The van der Waals surface area contributed by atoms with Crippen LogP contribution in [0.15, 0.2) is 12.1 Å². The Morgan fingerprint density at radius 2 is 1.59 bits per heavy atom. The second-order valence-electron chi connectivity index (χ2n) is 8.56. The Morgan fingerprint density at radius 1 is 1.05 bits per heavy atom. The Balaban J connectivity index is 3.16. The molecule has 0 saturated heterocycles. The van der Waals surface area contributed by atoms with Crippen molar-refractivity contribution in [3.63, 3.8) is 0 Å². The van der Waals surface area contributed by atoms with E-state index in [1.165, 1.54) is 5.56 Å². The Kier molecular flexibility index (Phi) is 5.41. The van der Waals surface area contributed by atoms with Gasteiger partial charge >= 0.3 is 0 Å². The summed E-state index contributed by atoms with van der Waals surface area (Å²) >= 11 is 0. The van der Waals surface area contributed by atoms with Crippen molar-refractivity contribution in [2.75, 3.05) is 12.8 Å². The van der Waals surface area contributed by atoms with Crippen LogP contribution in [0.3, 0.4) is 0 Å². The standard InChI is InChI=1S/C18H33NO2Si/c1-17(2,3)14-10-13(16(20-7)15(19)11-14)12-21-22(8,9)18(4,5)6/h10-11H,12,19H2,1-9H3. The zero-order valence-electron chi connectivity index (χ0n) is 15.8. The summed E-state index contributed by atoms with van der Waals surface area (Å²) in [5.74, 6) is 0.742. The molecule has 0 unspecified atom stereocenters. The molecule has 0 saturated carbocycles. The van der Waals surface area contributed by atoms with Crippen LogP contribution in [0.4, 0.5) is 5.69 Å². The first-order chi connectivity index (χ1) is 9.79. The Morgan fingerprint density at radius 3 is 2.00 bits per heavy atom. The van der Waals surface area contributed by atoms with Crippen molar-refractivity contribution in [1.82, 2.24) is 0 Å². The second-order valence-corrected chi connectivity index (χ2v) is 13.4. The molecule has 126 valence electrons. The van der Waals surface area contributed by atoms with E-state index < -0.39 is 8.32 Å². The monoisotopic (exact) mass is 323 g/mol. The van der Waals surface area contributed by atoms with Crippen LogP contribution in [0, 0.1) is 0 Å². The summed E-state index contributed by atoms with van der Waals surface area (Å²) in [4.78, 5) is 0. The molecule has 0 radical (unpaired) electrons. The van der Waals surface area contributed by atoms with Gasteiger partial charge in [-0.2, -0.15) is 0 Å². The number of nitrogens with two attached hydrogens (primary N) is 1. The highest BCUT2D eigenvalue weighted by Gasteiger charge is 2.37. The van der Waals surface area contributed by atoms with E-state index in [4.69, 9.17) is 14.9 Å². The van der Waals surface area contributed by atoms with E-state index in [1.807, 2.05) is 6.07 Å². The van der Waals surface area contributed by atoms with Crippen LogP contribution in [0.25, 0.3) is 0 Å². The van der Waals surface area contributed by atoms with Gasteiger partial charge in [0.2, 0.25) is 0 Å². The van der Waals surface area contributed by atoms with Gasteiger partial charge in [-0.1, -0.05) is 41.5 Å². The van der Waals surface area contributed by atoms with Gasteiger partial charge in [-0.05, 0) is 41.2 Å². The smallest absolute Gasteiger partial charge is 0.192 e. The van der Waals surface area contributed by atoms with Crippen LogP contribution in [-0.2, 0) is 16.4 Å². The lowest BCUT2D eigenvalue weighted by atomic mass is 9.85. The molecular formula is C18H33NO2Si. The summed E-state index contributed by atoms with van der Waals surface area (Å²) in [6.07, 6.45) is 0. The minimum Gasteiger partial charge on any atom is -0.494 e. The third-order valence-electron chi connectivity index (χ3n) is 4.66. The molecule has 0 aliphatic carbocycles. The van der Waals surface area contributed by atoms with Crippen molar-refractivity contribution in [3.05, 3.63) is 23.3 Å². The SMILES string of the molecule is COc1c(N)cc(C(C)(C)C)cc1CO[Si](C)(C)C(C)(C)C. The van der Waals surface area contributed by atoms with Gasteiger partial charge in [0.25, 0.3) is 0 Å². The van der Waals surface area contributed by atoms with Crippen molar-refractivity contribution in [3.8, 4) is 5.75 Å². The number of hydrogen-bond donors (Lipinski definition) is 1. The minimum absolute atomic E-state index is 0.0477. The molecule has 0 amide bonds. The number of ether oxygens (including phenoxy) is 1. The van der Waals surface area contributed by atoms with Gasteiger partial charge in [-0.3, -0.25) is 0 Å². The molecule has 0 atom stereocenters. The van der Waals surface area contributed by atoms with E-state index in [1.54, 1.807) is 7.11 Å². The van der Waals surface area contributed by atoms with Crippen molar-refractivity contribution in [2.24, 2.45) is 0 Å². The molecule has 0 spiro atoms. The third-order valence-corrected chi connectivity index (χ3v) is 9.14. The van der Waals surface area contributed by atoms with Gasteiger partial charge in [0.05, 0.1) is 19.4 Å². The zero-order valence-corrected chi connectivity index (χ0v) is 16.8. The number of nitrogen functional groups attached to an aromatic ring is 1. The fourth-order valence-corrected chi connectivity index (χ4v) is 2.93. The molecule has 0 bridgehead atoms. The first-order valence-corrected chi connectivity index (χ1v) is 10.8. The average molecular weight is 324 g/mol. The molecule has 1 aromatic carbocycles. The number of anilines is 1. The number of methoxy groups -OCH3 is 1. The average Bonchev–Trinajstić information content (AvgIpc) is 2.33. The molecule has 0 aliphatic heterocycles. The van der Waals surface area contributed by atoms with Gasteiger partial charge in [0.1, 0.15) is 5.75 Å². The molecule has 3 nitrogen and oxygen atoms in total. The van der Waals surface area contributed by atoms with E-state index in [9.17, 15) is 0 Å². The van der Waals surface area contributed by atoms with E-state index in [2.05, 4.69) is 60.7 Å². The summed E-state index contributed by atoms with van der Waals surface area (Å²) in [5, 5.41) is 0.188. The molecule has 1 aromatic rings. The predicted molar refractivity (Wildman–Crippen MR) is 98.1 cm³/mol. The topological polar surface area (TPSA) is 44.5 Å². The molecule has 0 aliphatic rings. The highest BCUT2D eigenvalue weighted by atomic mass is 28.4. The lowest BCUT2D eigenvalue weighted by Crippen LogP contribution is -2.40. The maximum Gasteiger partial charge on any atom is 0.192 e. The van der Waals surface area contributed by atoms with Crippen molar-refractivity contribution >= 4 is 14.0 Å². The second kappa shape index (κ2) is 6.24. The number of rotatable bonds is 4. The zero-order chi connectivity index (χ0) is 17.3. The maximum absolute atomic E-state index is 6.35. The molecular weight excluding hydrogens is 290 g/mol. The van der Waals surface area contributed by atoms with E-state index in [0.717, 1.165) is 11.3 Å². The summed E-state index contributed by atoms with van der Waals surface area (Å²) in [6, 6.07) is 4.18. The van der Waals surface area contributed by atoms with Gasteiger partial charge in [-0.15, -0.1) is 0 Å². The normalized spacial score (nSPS) is 13.3. The van der Waals surface area contributed by atoms with Crippen molar-refractivity contribution < 1.29 is 9.16 Å². The van der Waals surface area contributed by atoms with Crippen LogP contribution in [-0.4, -0.2) is 15.4 Å². The summed E-state index contributed by atoms with van der Waals surface area (Å²) in [7, 11) is -0.135. The molecule has 0 aromatic heterocycles. The van der Waals surface area contributed by atoms with Crippen LogP contribution in [0.1, 0.15) is 52.7 Å². The van der Waals surface area contributed by atoms with Crippen molar-refractivity contribution in [1.29, 1.82) is 0 Å². The first kappa shape index (κ1) is 19.0. The summed E-state index contributed by atoms with van der Waals surface area (Å²) in [5.41, 5.74) is 9.16. The lowest BCUT2D eigenvalue weighted by molar-refractivity contribution is 0.269. The third kappa shape index (κ3) is 4.26. The lowest BCUT2D eigenvalue weighted by Gasteiger charge is -2.36. The van der Waals surface area contributed by atoms with Gasteiger partial charge < -0.3 is 14.9 Å². The van der Waals surface area contributed by atoms with Gasteiger partial charge in [0.15, 0.2) is 8.32 Å². The summed E-state index contributed by atoms with van der Waals surface area (Å²) in [6.45, 7) is 18.4. The molecule has 2 N–H and O–H groups in total. The molecule has 0 fully saturated rings. The fraction of sp³-hybridized carbons (Fsp3) is 0.667. The van der Waals surface area contributed by atoms with Gasteiger partial charge in [-0.25, -0.2) is 0 Å². The quantitative estimate of drug-likeness (QED) is 0.619. The fourth-order valence-electron chi connectivity index (χ4n) is 1.98. The predicted octanol–water partition coefficient (Wildman–Crippen LogP) is 5.10. The molecule has 1 rings (SSSR count). The highest BCUT2D eigenvalue weighted by molar-refractivity contribution is 6.74. The first-order valence-electron chi connectivity index (χ1n) is 7.90. The van der Waals surface area contributed by atoms with Crippen LogP contribution in [0.5, 0.6) is 5.75 Å².